The topological polar surface area (TPSA) is 41.5 Å². The quantitative estimate of drug-likeness (QED) is 0.821. The zero-order valence-corrected chi connectivity index (χ0v) is 13.3. The maximum Gasteiger partial charge on any atom is 0.128 e. The van der Waals surface area contributed by atoms with Gasteiger partial charge in [0.05, 0.1) is 13.2 Å². The number of ether oxygens (including phenoxy) is 1. The lowest BCUT2D eigenvalue weighted by molar-refractivity contribution is 0.267. The van der Waals surface area contributed by atoms with Crippen LogP contribution in [-0.2, 0) is 13.2 Å². The number of halogens is 2. The van der Waals surface area contributed by atoms with Crippen LogP contribution >= 0.6 is 15.9 Å². The van der Waals surface area contributed by atoms with Crippen molar-refractivity contribution < 1.29 is 14.2 Å². The van der Waals surface area contributed by atoms with Gasteiger partial charge in [0.25, 0.3) is 0 Å². The molecule has 2 aromatic rings. The molecule has 0 bridgehead atoms. The van der Waals surface area contributed by atoms with Crippen LogP contribution in [0.1, 0.15) is 18.1 Å². The van der Waals surface area contributed by atoms with Crippen LogP contribution in [0, 0.1) is 5.82 Å². The molecule has 0 aliphatic rings. The fourth-order valence-electron chi connectivity index (χ4n) is 1.99. The molecule has 0 heterocycles. The Bertz CT molecular complexity index is 619. The number of nitrogens with one attached hydrogen (secondary N) is 1. The van der Waals surface area contributed by atoms with Crippen LogP contribution in [0.15, 0.2) is 40.9 Å². The van der Waals surface area contributed by atoms with Crippen molar-refractivity contribution >= 4 is 21.6 Å². The molecular formula is C16H17BrFNO2. The van der Waals surface area contributed by atoms with E-state index in [9.17, 15) is 9.50 Å². The molecule has 2 rings (SSSR count). The predicted octanol–water partition coefficient (Wildman–Crippen LogP) is 4.09. The second-order valence-electron chi connectivity index (χ2n) is 4.50. The molecule has 2 aromatic carbocycles. The fraction of sp³-hybridized carbons (Fsp3) is 0.250. The van der Waals surface area contributed by atoms with Gasteiger partial charge in [-0.15, -0.1) is 0 Å². The molecule has 112 valence electrons. The number of hydrogen-bond acceptors (Lipinski definition) is 3. The molecule has 3 nitrogen and oxygen atoms in total. The molecule has 0 aliphatic carbocycles. The Labute approximate surface area is 131 Å². The SMILES string of the molecule is CCOc1ccc(NCc2cc(Br)ccc2F)cc1CO. The summed E-state index contributed by atoms with van der Waals surface area (Å²) in [6.07, 6.45) is 0. The van der Waals surface area contributed by atoms with Gasteiger partial charge < -0.3 is 15.2 Å². The van der Waals surface area contributed by atoms with E-state index in [-0.39, 0.29) is 12.4 Å². The van der Waals surface area contributed by atoms with Crippen molar-refractivity contribution in [2.24, 2.45) is 0 Å². The van der Waals surface area contributed by atoms with E-state index >= 15 is 0 Å². The highest BCUT2D eigenvalue weighted by Crippen LogP contribution is 2.24. The minimum absolute atomic E-state index is 0.101. The Balaban J connectivity index is 2.11. The van der Waals surface area contributed by atoms with Crippen molar-refractivity contribution in [2.75, 3.05) is 11.9 Å². The van der Waals surface area contributed by atoms with Gasteiger partial charge in [0, 0.05) is 27.8 Å². The lowest BCUT2D eigenvalue weighted by atomic mass is 10.1. The highest BCUT2D eigenvalue weighted by molar-refractivity contribution is 9.10. The van der Waals surface area contributed by atoms with Crippen molar-refractivity contribution in [1.82, 2.24) is 0 Å². The minimum Gasteiger partial charge on any atom is -0.494 e. The third-order valence-corrected chi connectivity index (χ3v) is 3.51. The van der Waals surface area contributed by atoms with E-state index < -0.39 is 0 Å². The Kier molecular flexibility index (Phi) is 5.59. The number of benzene rings is 2. The van der Waals surface area contributed by atoms with Gasteiger partial charge in [-0.25, -0.2) is 4.39 Å². The fourth-order valence-corrected chi connectivity index (χ4v) is 2.39. The Morgan fingerprint density at radius 1 is 1.19 bits per heavy atom. The summed E-state index contributed by atoms with van der Waals surface area (Å²) < 4.78 is 19.9. The van der Waals surface area contributed by atoms with Crippen molar-refractivity contribution in [3.05, 3.63) is 57.8 Å². The molecule has 0 unspecified atom stereocenters. The smallest absolute Gasteiger partial charge is 0.128 e. The summed E-state index contributed by atoms with van der Waals surface area (Å²) in [5, 5.41) is 12.5. The average Bonchev–Trinajstić information content (AvgIpc) is 2.49. The Morgan fingerprint density at radius 3 is 2.71 bits per heavy atom. The van der Waals surface area contributed by atoms with E-state index in [0.29, 0.717) is 30.0 Å². The van der Waals surface area contributed by atoms with E-state index in [1.807, 2.05) is 13.0 Å². The van der Waals surface area contributed by atoms with Crippen LogP contribution in [-0.4, -0.2) is 11.7 Å². The molecule has 5 heteroatoms. The van der Waals surface area contributed by atoms with Gasteiger partial charge in [-0.1, -0.05) is 15.9 Å². The molecule has 0 saturated carbocycles. The zero-order chi connectivity index (χ0) is 15.2. The number of aliphatic hydroxyl groups excluding tert-OH is 1. The van der Waals surface area contributed by atoms with Gasteiger partial charge in [-0.3, -0.25) is 0 Å². The number of hydrogen-bond donors (Lipinski definition) is 2. The predicted molar refractivity (Wildman–Crippen MR) is 85.0 cm³/mol. The number of aliphatic hydroxyl groups is 1. The largest absolute Gasteiger partial charge is 0.494 e. The first-order valence-electron chi connectivity index (χ1n) is 6.68. The summed E-state index contributed by atoms with van der Waals surface area (Å²) in [6.45, 7) is 2.70. The molecule has 21 heavy (non-hydrogen) atoms. The highest BCUT2D eigenvalue weighted by atomic mass is 79.9. The van der Waals surface area contributed by atoms with Crippen molar-refractivity contribution in [1.29, 1.82) is 0 Å². The van der Waals surface area contributed by atoms with Crippen molar-refractivity contribution in [3.8, 4) is 5.75 Å². The van der Waals surface area contributed by atoms with Gasteiger partial charge in [0.2, 0.25) is 0 Å². The van der Waals surface area contributed by atoms with Gasteiger partial charge >= 0.3 is 0 Å². The summed E-state index contributed by atoms with van der Waals surface area (Å²) in [5.74, 6) is 0.415. The molecule has 0 aromatic heterocycles. The normalized spacial score (nSPS) is 10.5. The Hall–Kier alpha value is -1.59. The maximum atomic E-state index is 13.7. The first-order valence-corrected chi connectivity index (χ1v) is 7.47. The molecular weight excluding hydrogens is 337 g/mol. The molecule has 0 spiro atoms. The number of anilines is 1. The lowest BCUT2D eigenvalue weighted by Gasteiger charge is -2.12. The van der Waals surface area contributed by atoms with Gasteiger partial charge in [0.1, 0.15) is 11.6 Å². The van der Waals surface area contributed by atoms with E-state index in [0.717, 1.165) is 10.2 Å². The summed E-state index contributed by atoms with van der Waals surface area (Å²) in [7, 11) is 0. The summed E-state index contributed by atoms with van der Waals surface area (Å²) >= 11 is 3.33. The first kappa shape index (κ1) is 15.8. The molecule has 0 atom stereocenters. The highest BCUT2D eigenvalue weighted by Gasteiger charge is 2.06. The average molecular weight is 354 g/mol. The third-order valence-electron chi connectivity index (χ3n) is 3.02. The second-order valence-corrected chi connectivity index (χ2v) is 5.42. The van der Waals surface area contributed by atoms with Gasteiger partial charge in [-0.05, 0) is 43.3 Å². The van der Waals surface area contributed by atoms with Crippen LogP contribution in [0.5, 0.6) is 5.75 Å². The minimum atomic E-state index is -0.251. The van der Waals surface area contributed by atoms with E-state index in [4.69, 9.17) is 4.74 Å². The van der Waals surface area contributed by atoms with Crippen molar-refractivity contribution in [2.45, 2.75) is 20.1 Å². The molecule has 2 N–H and O–H groups in total. The molecule has 0 fully saturated rings. The van der Waals surface area contributed by atoms with Crippen LogP contribution in [0.2, 0.25) is 0 Å². The summed E-state index contributed by atoms with van der Waals surface area (Å²) in [4.78, 5) is 0. The second kappa shape index (κ2) is 7.43. The molecule has 0 aliphatic heterocycles. The van der Waals surface area contributed by atoms with E-state index in [1.54, 1.807) is 24.3 Å². The monoisotopic (exact) mass is 353 g/mol. The summed E-state index contributed by atoms with van der Waals surface area (Å²) in [5.41, 5.74) is 2.09. The number of rotatable bonds is 6. The van der Waals surface area contributed by atoms with Crippen LogP contribution in [0.3, 0.4) is 0 Å². The zero-order valence-electron chi connectivity index (χ0n) is 11.7. The van der Waals surface area contributed by atoms with E-state index in [1.165, 1.54) is 6.07 Å². The van der Waals surface area contributed by atoms with Crippen molar-refractivity contribution in [3.63, 3.8) is 0 Å². The van der Waals surface area contributed by atoms with Gasteiger partial charge in [-0.2, -0.15) is 0 Å². The first-order chi connectivity index (χ1) is 10.1. The van der Waals surface area contributed by atoms with Crippen LogP contribution in [0.4, 0.5) is 10.1 Å². The Morgan fingerprint density at radius 2 is 2.00 bits per heavy atom. The maximum absolute atomic E-state index is 13.7. The lowest BCUT2D eigenvalue weighted by Crippen LogP contribution is -2.03. The van der Waals surface area contributed by atoms with Crippen LogP contribution < -0.4 is 10.1 Å². The standard InChI is InChI=1S/C16H17BrFNO2/c1-2-21-16-6-4-14(8-12(16)10-20)19-9-11-7-13(17)3-5-15(11)18/h3-8,19-20H,2,9-10H2,1H3. The van der Waals surface area contributed by atoms with E-state index in [2.05, 4.69) is 21.2 Å². The van der Waals surface area contributed by atoms with Crippen LogP contribution in [0.25, 0.3) is 0 Å². The molecule has 0 saturated heterocycles. The molecule has 0 amide bonds. The van der Waals surface area contributed by atoms with Gasteiger partial charge in [0.15, 0.2) is 0 Å². The molecule has 0 radical (unpaired) electrons. The summed E-state index contributed by atoms with van der Waals surface area (Å²) in [6, 6.07) is 10.3. The third kappa shape index (κ3) is 4.19.